The molecule has 1 aromatic heterocycles. The minimum absolute atomic E-state index is 0.00123. The van der Waals surface area contributed by atoms with Gasteiger partial charge < -0.3 is 9.84 Å². The zero-order valence-corrected chi connectivity index (χ0v) is 20.3. The zero-order valence-electron chi connectivity index (χ0n) is 19.4. The molecule has 0 spiro atoms. The lowest BCUT2D eigenvalue weighted by Crippen LogP contribution is -2.26. The van der Waals surface area contributed by atoms with Crippen molar-refractivity contribution in [2.75, 3.05) is 20.2 Å². The third-order valence-corrected chi connectivity index (χ3v) is 8.58. The number of ether oxygens (including phenoxy) is 1. The number of carbonyl (C=O) groups is 1. The summed E-state index contributed by atoms with van der Waals surface area (Å²) in [5.41, 5.74) is 4.03. The minimum atomic E-state index is -5.08. The van der Waals surface area contributed by atoms with Crippen molar-refractivity contribution in [3.05, 3.63) is 66.0 Å². The number of aromatic nitrogens is 2. The number of halogens is 3. The number of carboxylic acid groups (broad SMARTS) is 1. The maximum Gasteiger partial charge on any atom is 0.490 e. The van der Waals surface area contributed by atoms with Gasteiger partial charge in [0.25, 0.3) is 0 Å². The predicted molar refractivity (Wildman–Crippen MR) is 124 cm³/mol. The molecule has 1 fully saturated rings. The molecule has 3 heterocycles. The van der Waals surface area contributed by atoms with Crippen LogP contribution in [0.1, 0.15) is 17.0 Å². The van der Waals surface area contributed by atoms with Crippen molar-refractivity contribution in [2.24, 2.45) is 7.05 Å². The van der Waals surface area contributed by atoms with Crippen LogP contribution in [0.2, 0.25) is 0 Å². The number of methoxy groups -OCH3 is 1. The lowest BCUT2D eigenvalue weighted by Gasteiger charge is -2.19. The van der Waals surface area contributed by atoms with Crippen molar-refractivity contribution in [2.45, 2.75) is 28.8 Å². The van der Waals surface area contributed by atoms with Crippen LogP contribution in [0.3, 0.4) is 0 Å². The summed E-state index contributed by atoms with van der Waals surface area (Å²) >= 11 is 0. The van der Waals surface area contributed by atoms with Gasteiger partial charge in [0, 0.05) is 49.9 Å². The van der Waals surface area contributed by atoms with Gasteiger partial charge >= 0.3 is 12.1 Å². The number of para-hydroxylation sites is 1. The smallest absolute Gasteiger partial charge is 0.490 e. The van der Waals surface area contributed by atoms with Gasteiger partial charge in [-0.2, -0.15) is 18.3 Å². The first kappa shape index (κ1) is 25.7. The SMILES string of the molecule is COc1ccccc1CN1CC2c3cc(-c4cnn(C)c4)ccc3S(=O)(=O)C2C1.O=C(O)C(F)(F)F. The molecule has 192 valence electrons. The van der Waals surface area contributed by atoms with Gasteiger partial charge in [-0.25, -0.2) is 13.2 Å². The van der Waals surface area contributed by atoms with Gasteiger partial charge in [-0.15, -0.1) is 0 Å². The number of benzene rings is 2. The van der Waals surface area contributed by atoms with E-state index in [1.165, 1.54) is 0 Å². The Hall–Kier alpha value is -3.38. The van der Waals surface area contributed by atoms with E-state index in [9.17, 15) is 21.6 Å². The van der Waals surface area contributed by atoms with Crippen molar-refractivity contribution >= 4 is 15.8 Å². The Morgan fingerprint density at radius 2 is 1.86 bits per heavy atom. The molecule has 2 aromatic carbocycles. The Bertz CT molecular complexity index is 1390. The van der Waals surface area contributed by atoms with E-state index in [4.69, 9.17) is 14.6 Å². The number of nitrogens with zero attached hydrogens (tertiary/aromatic N) is 3. The first-order chi connectivity index (χ1) is 16.9. The molecule has 5 rings (SSSR count). The Morgan fingerprint density at radius 1 is 1.17 bits per heavy atom. The standard InChI is InChI=1S/C22H23N3O3S.C2HF3O2/c1-24-11-17(10-23-24)15-7-8-21-18(9-15)19-13-25(14-22(19)29(21,26)27)12-16-5-3-4-6-20(16)28-2;3-2(4,5)1(6)7/h3-11,19,22H,12-14H2,1-2H3;(H,6,7). The summed E-state index contributed by atoms with van der Waals surface area (Å²) in [5, 5.41) is 11.0. The summed E-state index contributed by atoms with van der Waals surface area (Å²) in [5.74, 6) is -1.92. The molecule has 36 heavy (non-hydrogen) atoms. The van der Waals surface area contributed by atoms with Gasteiger partial charge in [0.05, 0.1) is 23.5 Å². The molecule has 0 amide bonds. The summed E-state index contributed by atoms with van der Waals surface area (Å²) in [6.45, 7) is 1.96. The molecule has 12 heteroatoms. The van der Waals surface area contributed by atoms with Crippen LogP contribution in [0, 0.1) is 0 Å². The molecule has 8 nitrogen and oxygen atoms in total. The summed E-state index contributed by atoms with van der Waals surface area (Å²) in [7, 11) is 0.232. The van der Waals surface area contributed by atoms with Crippen LogP contribution in [0.25, 0.3) is 11.1 Å². The first-order valence-corrected chi connectivity index (χ1v) is 12.5. The number of fused-ring (bicyclic) bond motifs is 3. The van der Waals surface area contributed by atoms with Gasteiger partial charge in [-0.3, -0.25) is 9.58 Å². The van der Waals surface area contributed by atoms with E-state index < -0.39 is 22.0 Å². The summed E-state index contributed by atoms with van der Waals surface area (Å²) in [6, 6.07) is 13.6. The molecule has 0 saturated carbocycles. The van der Waals surface area contributed by atoms with Gasteiger partial charge in [-0.05, 0) is 29.3 Å². The second-order valence-corrected chi connectivity index (χ2v) is 10.8. The van der Waals surface area contributed by atoms with E-state index in [1.54, 1.807) is 17.9 Å². The quantitative estimate of drug-likeness (QED) is 0.559. The predicted octanol–water partition coefficient (Wildman–Crippen LogP) is 3.48. The highest BCUT2D eigenvalue weighted by Crippen LogP contribution is 2.46. The molecule has 0 bridgehead atoms. The van der Waals surface area contributed by atoms with Crippen LogP contribution in [0.5, 0.6) is 5.75 Å². The van der Waals surface area contributed by atoms with E-state index in [0.717, 1.165) is 34.5 Å². The number of carboxylic acids is 1. The van der Waals surface area contributed by atoms with Gasteiger partial charge in [0.2, 0.25) is 0 Å². The van der Waals surface area contributed by atoms with Gasteiger partial charge in [0.1, 0.15) is 5.75 Å². The van der Waals surface area contributed by atoms with E-state index in [-0.39, 0.29) is 11.2 Å². The van der Waals surface area contributed by atoms with Crippen molar-refractivity contribution < 1.29 is 36.2 Å². The van der Waals surface area contributed by atoms with Gasteiger partial charge in [0.15, 0.2) is 9.84 Å². The molecule has 1 N–H and O–H groups in total. The largest absolute Gasteiger partial charge is 0.496 e. The number of rotatable bonds is 4. The number of hydrogen-bond donors (Lipinski definition) is 1. The number of likely N-dealkylation sites (tertiary alicyclic amines) is 1. The Labute approximate surface area is 205 Å². The number of aryl methyl sites for hydroxylation is 1. The fourth-order valence-electron chi connectivity index (χ4n) is 4.68. The molecule has 0 radical (unpaired) electrons. The zero-order chi connectivity index (χ0) is 26.3. The molecule has 0 aliphatic carbocycles. The molecular weight excluding hydrogens is 499 g/mol. The highest BCUT2D eigenvalue weighted by atomic mass is 32.2. The Balaban J connectivity index is 0.000000384. The topological polar surface area (TPSA) is 102 Å². The van der Waals surface area contributed by atoms with Gasteiger partial charge in [-0.1, -0.05) is 24.3 Å². The number of sulfone groups is 1. The van der Waals surface area contributed by atoms with E-state index in [1.807, 2.05) is 55.8 Å². The fourth-order valence-corrected chi connectivity index (χ4v) is 6.87. The summed E-state index contributed by atoms with van der Waals surface area (Å²) in [4.78, 5) is 11.6. The number of hydrogen-bond acceptors (Lipinski definition) is 6. The number of aliphatic carboxylic acids is 1. The molecule has 2 aliphatic rings. The lowest BCUT2D eigenvalue weighted by molar-refractivity contribution is -0.192. The van der Waals surface area contributed by atoms with Crippen molar-refractivity contribution in [1.29, 1.82) is 0 Å². The molecule has 1 saturated heterocycles. The maximum atomic E-state index is 13.2. The van der Waals surface area contributed by atoms with Crippen LogP contribution < -0.4 is 4.74 Å². The molecule has 2 unspecified atom stereocenters. The highest BCUT2D eigenvalue weighted by Gasteiger charge is 2.50. The second kappa shape index (κ2) is 9.58. The average Bonchev–Trinajstić information content (AvgIpc) is 3.50. The minimum Gasteiger partial charge on any atom is -0.496 e. The van der Waals surface area contributed by atoms with Crippen LogP contribution in [0.4, 0.5) is 13.2 Å². The Morgan fingerprint density at radius 3 is 2.47 bits per heavy atom. The molecule has 2 aliphatic heterocycles. The molecular formula is C24H24F3N3O5S. The first-order valence-electron chi connectivity index (χ1n) is 10.9. The Kier molecular flexibility index (Phi) is 6.84. The van der Waals surface area contributed by atoms with Crippen LogP contribution in [-0.4, -0.2) is 65.8 Å². The van der Waals surface area contributed by atoms with Crippen molar-refractivity contribution in [3.63, 3.8) is 0 Å². The third kappa shape index (κ3) is 4.96. The molecule has 2 atom stereocenters. The van der Waals surface area contributed by atoms with Crippen molar-refractivity contribution in [1.82, 2.24) is 14.7 Å². The van der Waals surface area contributed by atoms with E-state index >= 15 is 0 Å². The third-order valence-electron chi connectivity index (χ3n) is 6.32. The van der Waals surface area contributed by atoms with Crippen LogP contribution >= 0.6 is 0 Å². The average molecular weight is 524 g/mol. The highest BCUT2D eigenvalue weighted by molar-refractivity contribution is 7.92. The van der Waals surface area contributed by atoms with E-state index in [2.05, 4.69) is 10.00 Å². The van der Waals surface area contributed by atoms with Crippen LogP contribution in [-0.2, 0) is 28.2 Å². The van der Waals surface area contributed by atoms with E-state index in [0.29, 0.717) is 18.0 Å². The normalized spacial score (nSPS) is 20.2. The summed E-state index contributed by atoms with van der Waals surface area (Å²) < 4.78 is 65.3. The fraction of sp³-hybridized carbons (Fsp3) is 0.333. The molecule has 3 aromatic rings. The van der Waals surface area contributed by atoms with Crippen LogP contribution in [0.15, 0.2) is 59.8 Å². The monoisotopic (exact) mass is 523 g/mol. The summed E-state index contributed by atoms with van der Waals surface area (Å²) in [6.07, 6.45) is -1.32. The lowest BCUT2D eigenvalue weighted by atomic mass is 9.95. The number of alkyl halides is 3. The second-order valence-electron chi connectivity index (χ2n) is 8.65. The maximum absolute atomic E-state index is 13.2. The van der Waals surface area contributed by atoms with Crippen molar-refractivity contribution in [3.8, 4) is 16.9 Å².